The van der Waals surface area contributed by atoms with Crippen LogP contribution in [0.2, 0.25) is 5.02 Å². The van der Waals surface area contributed by atoms with Gasteiger partial charge in [-0.05, 0) is 42.2 Å². The number of ether oxygens (including phenoxy) is 1. The molecular weight excluding hydrogens is 310 g/mol. The smallest absolute Gasteiger partial charge is 0.407 e. The highest BCUT2D eigenvalue weighted by Gasteiger charge is 2.00. The van der Waals surface area contributed by atoms with Gasteiger partial charge in [0.2, 0.25) is 0 Å². The van der Waals surface area contributed by atoms with E-state index in [9.17, 15) is 4.79 Å². The van der Waals surface area contributed by atoms with E-state index in [4.69, 9.17) is 16.3 Å². The topological polar surface area (TPSA) is 38.3 Å². The first-order valence-electron chi connectivity index (χ1n) is 7.52. The number of rotatable bonds is 6. The molecule has 1 amide bonds. The molecular formula is C19H20ClNO2. The molecule has 0 atom stereocenters. The molecule has 4 heteroatoms. The molecule has 0 aliphatic rings. The highest BCUT2D eigenvalue weighted by molar-refractivity contribution is 6.30. The van der Waals surface area contributed by atoms with Crippen molar-refractivity contribution < 1.29 is 9.53 Å². The number of nitrogens with one attached hydrogen (secondary N) is 1. The number of halogens is 1. The van der Waals surface area contributed by atoms with Crippen LogP contribution in [-0.2, 0) is 11.3 Å². The monoisotopic (exact) mass is 329 g/mol. The van der Waals surface area contributed by atoms with Crippen LogP contribution in [0.15, 0.2) is 54.6 Å². The van der Waals surface area contributed by atoms with Gasteiger partial charge in [0.05, 0.1) is 0 Å². The van der Waals surface area contributed by atoms with E-state index in [1.165, 1.54) is 0 Å². The Morgan fingerprint density at radius 3 is 2.74 bits per heavy atom. The predicted molar refractivity (Wildman–Crippen MR) is 94.5 cm³/mol. The maximum atomic E-state index is 11.6. The second-order valence-electron chi connectivity index (χ2n) is 5.24. The average molecular weight is 330 g/mol. The van der Waals surface area contributed by atoms with E-state index in [-0.39, 0.29) is 6.61 Å². The first-order chi connectivity index (χ1) is 11.1. The van der Waals surface area contributed by atoms with Crippen molar-refractivity contribution in [1.82, 2.24) is 5.32 Å². The lowest BCUT2D eigenvalue weighted by Gasteiger charge is -2.06. The molecule has 2 rings (SSSR count). The normalized spacial score (nSPS) is 10.7. The van der Waals surface area contributed by atoms with Crippen molar-refractivity contribution in [2.75, 3.05) is 6.54 Å². The van der Waals surface area contributed by atoms with E-state index >= 15 is 0 Å². The van der Waals surface area contributed by atoms with Crippen LogP contribution in [0.3, 0.4) is 0 Å². The lowest BCUT2D eigenvalue weighted by molar-refractivity contribution is 0.140. The molecule has 0 saturated heterocycles. The van der Waals surface area contributed by atoms with Crippen molar-refractivity contribution in [2.45, 2.75) is 20.0 Å². The Labute approximate surface area is 141 Å². The Bertz CT molecular complexity index is 648. The molecule has 0 heterocycles. The van der Waals surface area contributed by atoms with Crippen molar-refractivity contribution in [3.63, 3.8) is 0 Å². The van der Waals surface area contributed by atoms with Crippen LogP contribution in [-0.4, -0.2) is 12.6 Å². The molecule has 0 fully saturated rings. The quantitative estimate of drug-likeness (QED) is 0.759. The van der Waals surface area contributed by atoms with Crippen LogP contribution < -0.4 is 5.32 Å². The second kappa shape index (κ2) is 9.01. The van der Waals surface area contributed by atoms with Gasteiger partial charge < -0.3 is 10.1 Å². The fourth-order valence-electron chi connectivity index (χ4n) is 2.11. The first-order valence-corrected chi connectivity index (χ1v) is 7.89. The third-order valence-corrected chi connectivity index (χ3v) is 3.39. The Hall–Kier alpha value is -2.26. The van der Waals surface area contributed by atoms with Crippen molar-refractivity contribution in [1.29, 1.82) is 0 Å². The number of carbonyl (C=O) groups excluding carboxylic acids is 1. The van der Waals surface area contributed by atoms with E-state index < -0.39 is 6.09 Å². The number of alkyl carbamates (subject to hydrolysis) is 1. The summed E-state index contributed by atoms with van der Waals surface area (Å²) in [4.78, 5) is 11.6. The number of amides is 1. The van der Waals surface area contributed by atoms with Crippen LogP contribution in [0, 0.1) is 6.92 Å². The molecule has 0 radical (unpaired) electrons. The van der Waals surface area contributed by atoms with Gasteiger partial charge in [-0.25, -0.2) is 4.79 Å². The third kappa shape index (κ3) is 6.57. The minimum Gasteiger partial charge on any atom is -0.445 e. The summed E-state index contributed by atoms with van der Waals surface area (Å²) in [5.41, 5.74) is 3.15. The Balaban J connectivity index is 1.66. The van der Waals surface area contributed by atoms with Gasteiger partial charge in [0.1, 0.15) is 6.61 Å². The van der Waals surface area contributed by atoms with Crippen LogP contribution in [0.4, 0.5) is 4.79 Å². The summed E-state index contributed by atoms with van der Waals surface area (Å²) in [5, 5.41) is 3.45. The van der Waals surface area contributed by atoms with Crippen LogP contribution in [0.1, 0.15) is 23.1 Å². The summed E-state index contributed by atoms with van der Waals surface area (Å²) in [6.07, 6.45) is 4.32. The van der Waals surface area contributed by atoms with Crippen molar-refractivity contribution in [3.8, 4) is 0 Å². The van der Waals surface area contributed by atoms with Gasteiger partial charge >= 0.3 is 6.09 Å². The number of benzene rings is 2. The van der Waals surface area contributed by atoms with Gasteiger partial charge in [-0.3, -0.25) is 0 Å². The minimum absolute atomic E-state index is 0.282. The maximum Gasteiger partial charge on any atom is 0.407 e. The van der Waals surface area contributed by atoms with Crippen molar-refractivity contribution >= 4 is 23.8 Å². The number of aryl methyl sites for hydroxylation is 1. The van der Waals surface area contributed by atoms with Gasteiger partial charge in [-0.2, -0.15) is 0 Å². The highest BCUT2D eigenvalue weighted by Crippen LogP contribution is 2.15. The summed E-state index contributed by atoms with van der Waals surface area (Å²) < 4.78 is 5.13. The predicted octanol–water partition coefficient (Wildman–Crippen LogP) is 4.98. The van der Waals surface area contributed by atoms with Gasteiger partial charge in [-0.1, -0.05) is 60.2 Å². The highest BCUT2D eigenvalue weighted by atomic mass is 35.5. The third-order valence-electron chi connectivity index (χ3n) is 3.17. The van der Waals surface area contributed by atoms with E-state index in [2.05, 4.69) is 11.4 Å². The van der Waals surface area contributed by atoms with Crippen LogP contribution in [0.5, 0.6) is 0 Å². The first kappa shape index (κ1) is 17.1. The van der Waals surface area contributed by atoms with Crippen molar-refractivity contribution in [3.05, 3.63) is 76.3 Å². The molecule has 0 aliphatic heterocycles. The molecule has 3 nitrogen and oxygen atoms in total. The average Bonchev–Trinajstić information content (AvgIpc) is 2.53. The zero-order chi connectivity index (χ0) is 16.5. The molecule has 0 bridgehead atoms. The summed E-state index contributed by atoms with van der Waals surface area (Å²) >= 11 is 6.01. The zero-order valence-corrected chi connectivity index (χ0v) is 13.8. The Kier molecular flexibility index (Phi) is 6.70. The second-order valence-corrected chi connectivity index (χ2v) is 5.68. The number of hydrogen-bond donors (Lipinski definition) is 1. The standard InChI is InChI=1S/C19H20ClNO2/c1-15-11-17(13-18(20)12-15)9-5-6-10-21-19(22)23-14-16-7-3-2-4-8-16/h2-5,7-9,11-13H,6,10,14H2,1H3,(H,21,22). The minimum atomic E-state index is -0.402. The molecule has 0 saturated carbocycles. The molecule has 1 N–H and O–H groups in total. The van der Waals surface area contributed by atoms with Gasteiger partial charge in [-0.15, -0.1) is 0 Å². The van der Waals surface area contributed by atoms with Crippen LogP contribution >= 0.6 is 11.6 Å². The fraction of sp³-hybridized carbons (Fsp3) is 0.211. The molecule has 2 aromatic carbocycles. The SMILES string of the molecule is Cc1cc(Cl)cc(C=CCCNC(=O)OCc2ccccc2)c1. The largest absolute Gasteiger partial charge is 0.445 e. The van der Waals surface area contributed by atoms with E-state index in [1.54, 1.807) is 0 Å². The molecule has 0 aromatic heterocycles. The molecule has 2 aromatic rings. The lowest BCUT2D eigenvalue weighted by atomic mass is 10.1. The molecule has 120 valence electrons. The fourth-order valence-corrected chi connectivity index (χ4v) is 2.41. The molecule has 23 heavy (non-hydrogen) atoms. The molecule has 0 unspecified atom stereocenters. The zero-order valence-electron chi connectivity index (χ0n) is 13.1. The van der Waals surface area contributed by atoms with Crippen molar-refractivity contribution in [2.24, 2.45) is 0 Å². The van der Waals surface area contributed by atoms with Gasteiger partial charge in [0.25, 0.3) is 0 Å². The number of carbonyl (C=O) groups is 1. The number of hydrogen-bond acceptors (Lipinski definition) is 2. The van der Waals surface area contributed by atoms with E-state index in [0.717, 1.165) is 28.1 Å². The molecule has 0 spiro atoms. The summed E-state index contributed by atoms with van der Waals surface area (Å²) in [7, 11) is 0. The summed E-state index contributed by atoms with van der Waals surface area (Å²) in [6, 6.07) is 15.5. The van der Waals surface area contributed by atoms with Gasteiger partial charge in [0, 0.05) is 11.6 Å². The Morgan fingerprint density at radius 1 is 1.22 bits per heavy atom. The summed E-state index contributed by atoms with van der Waals surface area (Å²) in [5.74, 6) is 0. The molecule has 0 aliphatic carbocycles. The Morgan fingerprint density at radius 2 is 2.00 bits per heavy atom. The lowest BCUT2D eigenvalue weighted by Crippen LogP contribution is -2.24. The van der Waals surface area contributed by atoms with E-state index in [1.807, 2.05) is 61.5 Å². The maximum absolute atomic E-state index is 11.6. The summed E-state index contributed by atoms with van der Waals surface area (Å²) in [6.45, 7) is 2.82. The van der Waals surface area contributed by atoms with Gasteiger partial charge in [0.15, 0.2) is 0 Å². The van der Waals surface area contributed by atoms with Crippen LogP contribution in [0.25, 0.3) is 6.08 Å². The van der Waals surface area contributed by atoms with E-state index in [0.29, 0.717) is 6.54 Å².